The highest BCUT2D eigenvalue weighted by Crippen LogP contribution is 2.28. The zero-order valence-electron chi connectivity index (χ0n) is 17.4. The zero-order valence-corrected chi connectivity index (χ0v) is 18.2. The van der Waals surface area contributed by atoms with Crippen molar-refractivity contribution < 1.29 is 17.1 Å². The quantitative estimate of drug-likeness (QED) is 0.594. The molecule has 0 radical (unpaired) electrons. The number of nitrogen functional groups attached to an aromatic ring is 1. The summed E-state index contributed by atoms with van der Waals surface area (Å²) in [6.45, 7) is 4.74. The molecule has 2 aromatic heterocycles. The van der Waals surface area contributed by atoms with Crippen molar-refractivity contribution in [3.8, 4) is 22.8 Å². The molecule has 11 heteroatoms. The third kappa shape index (κ3) is 4.23. The van der Waals surface area contributed by atoms with Crippen LogP contribution < -0.4 is 16.4 Å². The Bertz CT molecular complexity index is 1190. The maximum Gasteiger partial charge on any atom is 0.318 e. The van der Waals surface area contributed by atoms with Crippen molar-refractivity contribution in [3.63, 3.8) is 0 Å². The maximum absolute atomic E-state index is 12.3. The lowest BCUT2D eigenvalue weighted by Gasteiger charge is -2.28. The largest absolute Gasteiger partial charge is 0.401 e. The van der Waals surface area contributed by atoms with Gasteiger partial charge in [-0.3, -0.25) is 0 Å². The molecule has 4 N–H and O–H groups in total. The van der Waals surface area contributed by atoms with Gasteiger partial charge in [0.25, 0.3) is 5.89 Å². The second-order valence-electron chi connectivity index (χ2n) is 7.85. The fourth-order valence-corrected chi connectivity index (χ4v) is 4.46. The summed E-state index contributed by atoms with van der Waals surface area (Å²) in [4.78, 5) is 10.9. The smallest absolute Gasteiger partial charge is 0.318 e. The SMILES string of the molecule is CC(C)S(=O)(=O)c1ccc(-c2cnc(N)c(-c3nnc(N4CCCC(N)C4)o3)n2)cc1.[HH].[HH].[HH]. The number of hydrogen-bond donors (Lipinski definition) is 2. The average molecular weight is 450 g/mol. The summed E-state index contributed by atoms with van der Waals surface area (Å²) >= 11 is 0. The van der Waals surface area contributed by atoms with Crippen LogP contribution in [0.4, 0.5) is 11.8 Å². The highest BCUT2D eigenvalue weighted by molar-refractivity contribution is 7.92. The van der Waals surface area contributed by atoms with Crippen LogP contribution in [0.3, 0.4) is 0 Å². The van der Waals surface area contributed by atoms with Crippen LogP contribution in [0.5, 0.6) is 0 Å². The first-order chi connectivity index (χ1) is 14.8. The van der Waals surface area contributed by atoms with Crippen molar-refractivity contribution in [3.05, 3.63) is 30.5 Å². The van der Waals surface area contributed by atoms with Crippen molar-refractivity contribution in [2.45, 2.75) is 42.9 Å². The van der Waals surface area contributed by atoms with E-state index in [9.17, 15) is 8.42 Å². The molecule has 1 fully saturated rings. The number of aromatic nitrogens is 4. The molecule has 3 aromatic rings. The maximum atomic E-state index is 12.3. The van der Waals surface area contributed by atoms with Gasteiger partial charge in [0.1, 0.15) is 0 Å². The molecular weight excluding hydrogens is 418 g/mol. The predicted molar refractivity (Wildman–Crippen MR) is 123 cm³/mol. The van der Waals surface area contributed by atoms with Gasteiger partial charge >= 0.3 is 6.01 Å². The van der Waals surface area contributed by atoms with Crippen LogP contribution >= 0.6 is 0 Å². The van der Waals surface area contributed by atoms with E-state index in [4.69, 9.17) is 15.9 Å². The second kappa shape index (κ2) is 8.23. The van der Waals surface area contributed by atoms with Gasteiger partial charge in [-0.2, -0.15) is 0 Å². The minimum Gasteiger partial charge on any atom is -0.401 e. The monoisotopic (exact) mass is 449 g/mol. The van der Waals surface area contributed by atoms with Gasteiger partial charge in [0.15, 0.2) is 21.3 Å². The van der Waals surface area contributed by atoms with E-state index in [1.807, 2.05) is 4.90 Å². The average Bonchev–Trinajstić information content (AvgIpc) is 3.24. The summed E-state index contributed by atoms with van der Waals surface area (Å²) in [5, 5.41) is 7.70. The first kappa shape index (κ1) is 21.2. The first-order valence-electron chi connectivity index (χ1n) is 10.1. The molecule has 4 rings (SSSR count). The van der Waals surface area contributed by atoms with Gasteiger partial charge in [-0.15, -0.1) is 5.10 Å². The lowest BCUT2D eigenvalue weighted by atomic mass is 10.1. The van der Waals surface area contributed by atoms with Gasteiger partial charge in [-0.25, -0.2) is 18.4 Å². The van der Waals surface area contributed by atoms with Gasteiger partial charge in [-0.05, 0) is 38.8 Å². The van der Waals surface area contributed by atoms with Crippen LogP contribution in [0.25, 0.3) is 22.8 Å². The van der Waals surface area contributed by atoms with Crippen LogP contribution in [0.2, 0.25) is 0 Å². The van der Waals surface area contributed by atoms with E-state index < -0.39 is 15.1 Å². The Hall–Kier alpha value is -3.05. The highest BCUT2D eigenvalue weighted by atomic mass is 32.2. The second-order valence-corrected chi connectivity index (χ2v) is 10.3. The number of nitrogens with two attached hydrogens (primary N) is 2. The van der Waals surface area contributed by atoms with Crippen molar-refractivity contribution in [1.29, 1.82) is 0 Å². The molecule has 170 valence electrons. The number of sulfone groups is 1. The molecule has 3 heterocycles. The molecule has 1 atom stereocenters. The van der Waals surface area contributed by atoms with Crippen molar-refractivity contribution in [2.24, 2.45) is 5.73 Å². The van der Waals surface area contributed by atoms with E-state index in [2.05, 4.69) is 20.2 Å². The minimum absolute atomic E-state index is 0. The molecule has 1 unspecified atom stereocenters. The van der Waals surface area contributed by atoms with E-state index in [-0.39, 0.29) is 32.6 Å². The minimum atomic E-state index is -3.35. The van der Waals surface area contributed by atoms with Crippen LogP contribution in [-0.4, -0.2) is 53.0 Å². The Morgan fingerprint density at radius 1 is 1.23 bits per heavy atom. The molecule has 0 saturated carbocycles. The lowest BCUT2D eigenvalue weighted by Crippen LogP contribution is -2.43. The van der Waals surface area contributed by atoms with Crippen molar-refractivity contribution in [2.75, 3.05) is 23.7 Å². The molecular formula is C20H31N7O3S. The predicted octanol–water partition coefficient (Wildman–Crippen LogP) is 2.62. The molecule has 1 aromatic carbocycles. The zero-order chi connectivity index (χ0) is 22.2. The molecule has 1 aliphatic heterocycles. The van der Waals surface area contributed by atoms with Gasteiger partial charge in [-0.1, -0.05) is 17.2 Å². The van der Waals surface area contributed by atoms with E-state index in [0.717, 1.165) is 19.4 Å². The summed E-state index contributed by atoms with van der Waals surface area (Å²) in [7, 11) is -3.35. The summed E-state index contributed by atoms with van der Waals surface area (Å²) in [5.41, 5.74) is 13.5. The van der Waals surface area contributed by atoms with Gasteiger partial charge in [0.05, 0.1) is 22.0 Å². The van der Waals surface area contributed by atoms with Crippen LogP contribution in [0, 0.1) is 0 Å². The standard InChI is InChI=1S/C20H25N7O3S.3H2/c1-12(2)31(28,29)15-7-5-13(6-8-15)16-10-23-18(22)17(24-16)19-25-26-20(30-19)27-9-3-4-14(21)11-27;;;/h5-8,10,12,14H,3-4,9,11,21H2,1-2H3,(H2,22,23);3*1H. The van der Waals surface area contributed by atoms with Crippen LogP contribution in [-0.2, 0) is 9.84 Å². The molecule has 1 aliphatic rings. The fourth-order valence-electron chi connectivity index (χ4n) is 3.41. The molecule has 0 amide bonds. The summed E-state index contributed by atoms with van der Waals surface area (Å²) in [6.07, 6.45) is 3.44. The molecule has 0 aliphatic carbocycles. The van der Waals surface area contributed by atoms with E-state index >= 15 is 0 Å². The number of anilines is 2. The van der Waals surface area contributed by atoms with Crippen LogP contribution in [0.15, 0.2) is 39.8 Å². The summed E-state index contributed by atoms with van der Waals surface area (Å²) in [6, 6.07) is 6.94. The Kier molecular flexibility index (Phi) is 5.63. The van der Waals surface area contributed by atoms with Crippen LogP contribution in [0.1, 0.15) is 31.0 Å². The Morgan fingerprint density at radius 2 is 1.97 bits per heavy atom. The number of rotatable bonds is 5. The Morgan fingerprint density at radius 3 is 2.65 bits per heavy atom. The number of piperidine rings is 1. The fraction of sp³-hybridized carbons (Fsp3) is 0.400. The molecule has 1 saturated heterocycles. The van der Waals surface area contributed by atoms with E-state index in [1.165, 1.54) is 6.20 Å². The molecule has 0 spiro atoms. The van der Waals surface area contributed by atoms with E-state index in [0.29, 0.717) is 23.8 Å². The van der Waals surface area contributed by atoms with Gasteiger partial charge in [0.2, 0.25) is 0 Å². The number of benzene rings is 1. The van der Waals surface area contributed by atoms with Gasteiger partial charge < -0.3 is 20.8 Å². The summed E-state index contributed by atoms with van der Waals surface area (Å²) in [5.74, 6) is 0.327. The lowest BCUT2D eigenvalue weighted by molar-refractivity contribution is 0.461. The third-order valence-corrected chi connectivity index (χ3v) is 7.42. The van der Waals surface area contributed by atoms with Gasteiger partial charge in [0, 0.05) is 29.0 Å². The topological polar surface area (TPSA) is 154 Å². The molecule has 0 bridgehead atoms. The van der Waals surface area contributed by atoms with Crippen molar-refractivity contribution >= 4 is 21.7 Å². The first-order valence-corrected chi connectivity index (χ1v) is 11.6. The molecule has 10 nitrogen and oxygen atoms in total. The van der Waals surface area contributed by atoms with Crippen molar-refractivity contribution in [1.82, 2.24) is 20.2 Å². The number of hydrogen-bond acceptors (Lipinski definition) is 10. The Labute approximate surface area is 185 Å². The Balaban J connectivity index is 0.00000193. The number of nitrogens with zero attached hydrogens (tertiary/aromatic N) is 5. The highest BCUT2D eigenvalue weighted by Gasteiger charge is 2.24. The van der Waals surface area contributed by atoms with E-state index in [1.54, 1.807) is 38.1 Å². The third-order valence-electron chi connectivity index (χ3n) is 5.25. The normalized spacial score (nSPS) is 17.3. The summed E-state index contributed by atoms with van der Waals surface area (Å²) < 4.78 is 30.5. The molecule has 31 heavy (non-hydrogen) atoms.